The first-order valence-corrected chi connectivity index (χ1v) is 6.81. The van der Waals surface area contributed by atoms with Crippen LogP contribution in [0.4, 0.5) is 6.01 Å². The number of benzene rings is 1. The number of nitrogens with zero attached hydrogens (tertiary/aromatic N) is 1. The molecule has 0 atom stereocenters. The highest BCUT2D eigenvalue weighted by Crippen LogP contribution is 2.18. The van der Waals surface area contributed by atoms with Crippen molar-refractivity contribution in [1.29, 1.82) is 0 Å². The van der Waals surface area contributed by atoms with Crippen LogP contribution in [0.1, 0.15) is 17.4 Å². The highest BCUT2D eigenvalue weighted by Gasteiger charge is 2.15. The summed E-state index contributed by atoms with van der Waals surface area (Å²) in [6.45, 7) is 1.66. The number of esters is 1. The Morgan fingerprint density at radius 3 is 2.83 bits per heavy atom. The lowest BCUT2D eigenvalue weighted by atomic mass is 10.3. The van der Waals surface area contributed by atoms with Gasteiger partial charge in [0.25, 0.3) is 5.91 Å². The minimum Gasteiger partial charge on any atom is -0.497 e. The van der Waals surface area contributed by atoms with E-state index in [2.05, 4.69) is 10.3 Å². The van der Waals surface area contributed by atoms with E-state index >= 15 is 0 Å². The van der Waals surface area contributed by atoms with Crippen LogP contribution in [0.15, 0.2) is 34.9 Å². The molecule has 1 heterocycles. The molecule has 0 saturated heterocycles. The lowest BCUT2D eigenvalue weighted by Gasteiger charge is -2.06. The molecule has 2 aromatic rings. The van der Waals surface area contributed by atoms with Crippen LogP contribution in [0.2, 0.25) is 0 Å². The van der Waals surface area contributed by atoms with E-state index in [9.17, 15) is 9.59 Å². The minimum absolute atomic E-state index is 0.0177. The summed E-state index contributed by atoms with van der Waals surface area (Å²) in [6, 6.07) is 6.74. The summed E-state index contributed by atoms with van der Waals surface area (Å²) in [7, 11) is 1.54. The third-order valence-corrected chi connectivity index (χ3v) is 2.65. The number of amides is 1. The van der Waals surface area contributed by atoms with E-state index < -0.39 is 11.9 Å². The van der Waals surface area contributed by atoms with Gasteiger partial charge < -0.3 is 18.6 Å². The fourth-order valence-corrected chi connectivity index (χ4v) is 1.63. The summed E-state index contributed by atoms with van der Waals surface area (Å²) in [4.78, 5) is 27.0. The van der Waals surface area contributed by atoms with Crippen molar-refractivity contribution in [3.8, 4) is 11.5 Å². The van der Waals surface area contributed by atoms with Crippen molar-refractivity contribution in [3.63, 3.8) is 0 Å². The fraction of sp³-hybridized carbons (Fsp3) is 0.267. The van der Waals surface area contributed by atoms with Gasteiger partial charge in [0.1, 0.15) is 17.8 Å². The number of rotatable bonds is 7. The molecule has 1 aromatic heterocycles. The number of aromatic nitrogens is 1. The van der Waals surface area contributed by atoms with Crippen molar-refractivity contribution in [2.75, 3.05) is 25.6 Å². The molecular formula is C15H16N2O6. The molecule has 0 aliphatic rings. The number of ether oxygens (including phenoxy) is 3. The van der Waals surface area contributed by atoms with E-state index in [0.29, 0.717) is 11.5 Å². The van der Waals surface area contributed by atoms with Crippen LogP contribution in [-0.4, -0.2) is 37.2 Å². The van der Waals surface area contributed by atoms with Gasteiger partial charge in [-0.15, -0.1) is 0 Å². The minimum atomic E-state index is -0.621. The Morgan fingerprint density at radius 2 is 2.09 bits per heavy atom. The normalized spacial score (nSPS) is 10.0. The lowest BCUT2D eigenvalue weighted by molar-refractivity contribution is -0.118. The Kier molecular flexibility index (Phi) is 5.56. The first-order chi connectivity index (χ1) is 11.1. The lowest BCUT2D eigenvalue weighted by Crippen LogP contribution is -2.20. The average Bonchev–Trinajstić information content (AvgIpc) is 3.02. The molecule has 23 heavy (non-hydrogen) atoms. The number of nitrogens with one attached hydrogen (secondary N) is 1. The zero-order chi connectivity index (χ0) is 16.7. The maximum atomic E-state index is 11.8. The maximum absolute atomic E-state index is 11.8. The SMILES string of the molecule is CCOC(=O)c1coc(NC(=O)COc2cccc(OC)c2)n1. The third kappa shape index (κ3) is 4.73. The summed E-state index contributed by atoms with van der Waals surface area (Å²) in [5, 5.41) is 2.38. The van der Waals surface area contributed by atoms with Crippen molar-refractivity contribution in [2.45, 2.75) is 6.92 Å². The first-order valence-electron chi connectivity index (χ1n) is 6.81. The molecule has 2 rings (SSSR count). The molecule has 0 saturated carbocycles. The van der Waals surface area contributed by atoms with Gasteiger partial charge in [0, 0.05) is 6.07 Å². The molecule has 0 radical (unpaired) electrons. The predicted molar refractivity (Wildman–Crippen MR) is 79.6 cm³/mol. The largest absolute Gasteiger partial charge is 0.497 e. The second kappa shape index (κ2) is 7.83. The Labute approximate surface area is 132 Å². The van der Waals surface area contributed by atoms with Gasteiger partial charge in [0.2, 0.25) is 0 Å². The van der Waals surface area contributed by atoms with Crippen molar-refractivity contribution in [3.05, 3.63) is 36.2 Å². The van der Waals surface area contributed by atoms with Gasteiger partial charge in [-0.2, -0.15) is 4.98 Å². The van der Waals surface area contributed by atoms with Gasteiger partial charge in [-0.3, -0.25) is 10.1 Å². The monoisotopic (exact) mass is 320 g/mol. The Balaban J connectivity index is 1.86. The molecule has 0 fully saturated rings. The van der Waals surface area contributed by atoms with E-state index in [4.69, 9.17) is 18.6 Å². The van der Waals surface area contributed by atoms with E-state index in [1.807, 2.05) is 0 Å². The number of oxazole rings is 1. The first kappa shape index (κ1) is 16.3. The highest BCUT2D eigenvalue weighted by molar-refractivity contribution is 5.91. The number of carbonyl (C=O) groups is 2. The number of hydrogen-bond acceptors (Lipinski definition) is 7. The zero-order valence-corrected chi connectivity index (χ0v) is 12.7. The fourth-order valence-electron chi connectivity index (χ4n) is 1.63. The topological polar surface area (TPSA) is 99.9 Å². The molecule has 8 heteroatoms. The zero-order valence-electron chi connectivity index (χ0n) is 12.7. The summed E-state index contributed by atoms with van der Waals surface area (Å²) >= 11 is 0. The second-order valence-electron chi connectivity index (χ2n) is 4.27. The Hall–Kier alpha value is -3.03. The molecule has 0 unspecified atom stereocenters. The Bertz CT molecular complexity index is 682. The van der Waals surface area contributed by atoms with Gasteiger partial charge in [-0.1, -0.05) is 6.07 Å². The molecule has 0 aliphatic heterocycles. The van der Waals surface area contributed by atoms with Crippen molar-refractivity contribution < 1.29 is 28.2 Å². The molecular weight excluding hydrogens is 304 g/mol. The van der Waals surface area contributed by atoms with Crippen molar-refractivity contribution in [2.24, 2.45) is 0 Å². The molecule has 0 aliphatic carbocycles. The van der Waals surface area contributed by atoms with Crippen LogP contribution < -0.4 is 14.8 Å². The molecule has 0 spiro atoms. The van der Waals surface area contributed by atoms with E-state index in [1.54, 1.807) is 31.2 Å². The summed E-state index contributed by atoms with van der Waals surface area (Å²) < 4.78 is 20.1. The average molecular weight is 320 g/mol. The molecule has 8 nitrogen and oxygen atoms in total. The maximum Gasteiger partial charge on any atom is 0.360 e. The number of carbonyl (C=O) groups excluding carboxylic acids is 2. The quantitative estimate of drug-likeness (QED) is 0.777. The summed E-state index contributed by atoms with van der Waals surface area (Å²) in [6.07, 6.45) is 1.11. The Morgan fingerprint density at radius 1 is 1.30 bits per heavy atom. The number of hydrogen-bond donors (Lipinski definition) is 1. The van der Waals surface area contributed by atoms with Gasteiger partial charge in [-0.05, 0) is 19.1 Å². The van der Waals surface area contributed by atoms with Crippen LogP contribution in [0.25, 0.3) is 0 Å². The van der Waals surface area contributed by atoms with E-state index in [0.717, 1.165) is 6.26 Å². The van der Waals surface area contributed by atoms with Crippen LogP contribution >= 0.6 is 0 Å². The van der Waals surface area contributed by atoms with Gasteiger partial charge in [0.05, 0.1) is 13.7 Å². The van der Waals surface area contributed by atoms with Gasteiger partial charge in [0.15, 0.2) is 12.3 Å². The van der Waals surface area contributed by atoms with Crippen LogP contribution in [0, 0.1) is 0 Å². The molecule has 0 bridgehead atoms. The van der Waals surface area contributed by atoms with Crippen molar-refractivity contribution in [1.82, 2.24) is 4.98 Å². The molecule has 122 valence electrons. The van der Waals surface area contributed by atoms with Crippen LogP contribution in [0.5, 0.6) is 11.5 Å². The third-order valence-electron chi connectivity index (χ3n) is 2.65. The number of methoxy groups -OCH3 is 1. The van der Waals surface area contributed by atoms with E-state index in [-0.39, 0.29) is 24.9 Å². The van der Waals surface area contributed by atoms with Gasteiger partial charge >= 0.3 is 12.0 Å². The summed E-state index contributed by atoms with van der Waals surface area (Å²) in [5.74, 6) is 0.00302. The van der Waals surface area contributed by atoms with Crippen LogP contribution in [0.3, 0.4) is 0 Å². The van der Waals surface area contributed by atoms with Crippen molar-refractivity contribution >= 4 is 17.9 Å². The predicted octanol–water partition coefficient (Wildman–Crippen LogP) is 1.88. The molecule has 1 aromatic carbocycles. The van der Waals surface area contributed by atoms with E-state index in [1.165, 1.54) is 7.11 Å². The standard InChI is InChI=1S/C15H16N2O6/c1-3-21-14(19)12-8-23-15(16-12)17-13(18)9-22-11-6-4-5-10(7-11)20-2/h4-8H,3,9H2,1-2H3,(H,16,17,18). The number of anilines is 1. The summed E-state index contributed by atoms with van der Waals surface area (Å²) in [5.41, 5.74) is -0.0177. The van der Waals surface area contributed by atoms with Crippen LogP contribution in [-0.2, 0) is 9.53 Å². The molecule has 1 N–H and O–H groups in total. The highest BCUT2D eigenvalue weighted by atomic mass is 16.5. The second-order valence-corrected chi connectivity index (χ2v) is 4.27. The smallest absolute Gasteiger partial charge is 0.360 e. The van der Waals surface area contributed by atoms with Gasteiger partial charge in [-0.25, -0.2) is 4.79 Å². The molecule has 1 amide bonds.